The number of hydrogen-bond donors (Lipinski definition) is 1. The number of nitrogens with one attached hydrogen (secondary N) is 1. The molecule has 4 rings (SSSR count). The summed E-state index contributed by atoms with van der Waals surface area (Å²) in [6.45, 7) is 2.69. The number of amides is 1. The van der Waals surface area contributed by atoms with Crippen LogP contribution in [0.4, 0.5) is 8.78 Å². The van der Waals surface area contributed by atoms with Crippen molar-refractivity contribution in [1.29, 1.82) is 0 Å². The monoisotopic (exact) mass is 434 g/mol. The number of carbonyl (C=O) groups is 1. The smallest absolute Gasteiger partial charge is 0.255 e. The van der Waals surface area contributed by atoms with Gasteiger partial charge in [0.15, 0.2) is 0 Å². The zero-order chi connectivity index (χ0) is 21.1. The van der Waals surface area contributed by atoms with Crippen molar-refractivity contribution >= 4 is 17.7 Å². The first kappa shape index (κ1) is 21.3. The van der Waals surface area contributed by atoms with E-state index in [-0.39, 0.29) is 22.7 Å². The SMILES string of the molecule is Cn1cc(C(=O)NCC2(N3CCSCC3)CCCCC2)c(-c2ccc(F)cc2F)n1. The minimum Gasteiger partial charge on any atom is -0.350 e. The molecule has 162 valence electrons. The van der Waals surface area contributed by atoms with Crippen molar-refractivity contribution in [3.05, 3.63) is 41.6 Å². The molecule has 5 nitrogen and oxygen atoms in total. The fourth-order valence-corrected chi connectivity index (χ4v) is 5.63. The third-order valence-electron chi connectivity index (χ3n) is 6.30. The molecule has 1 saturated heterocycles. The van der Waals surface area contributed by atoms with Crippen LogP contribution in [0, 0.1) is 11.6 Å². The summed E-state index contributed by atoms with van der Waals surface area (Å²) < 4.78 is 29.2. The van der Waals surface area contributed by atoms with E-state index in [1.807, 2.05) is 11.8 Å². The van der Waals surface area contributed by atoms with E-state index in [1.54, 1.807) is 13.2 Å². The van der Waals surface area contributed by atoms with Crippen LogP contribution in [0.1, 0.15) is 42.5 Å². The summed E-state index contributed by atoms with van der Waals surface area (Å²) in [5.41, 5.74) is 0.670. The van der Waals surface area contributed by atoms with Crippen molar-refractivity contribution in [1.82, 2.24) is 20.0 Å². The zero-order valence-electron chi connectivity index (χ0n) is 17.3. The second-order valence-electron chi connectivity index (χ2n) is 8.26. The molecule has 2 heterocycles. The maximum atomic E-state index is 14.3. The van der Waals surface area contributed by atoms with Crippen LogP contribution in [0.25, 0.3) is 11.3 Å². The normalized spacial score (nSPS) is 19.6. The van der Waals surface area contributed by atoms with Crippen molar-refractivity contribution in [2.75, 3.05) is 31.1 Å². The molecule has 2 aromatic rings. The van der Waals surface area contributed by atoms with E-state index in [1.165, 1.54) is 36.1 Å². The molecule has 0 atom stereocenters. The minimum atomic E-state index is -0.725. The van der Waals surface area contributed by atoms with Gasteiger partial charge >= 0.3 is 0 Å². The van der Waals surface area contributed by atoms with Crippen LogP contribution in [0.2, 0.25) is 0 Å². The lowest BCUT2D eigenvalue weighted by molar-refractivity contribution is 0.0549. The highest BCUT2D eigenvalue weighted by atomic mass is 32.2. The molecule has 1 aromatic heterocycles. The number of thioether (sulfide) groups is 1. The quantitative estimate of drug-likeness (QED) is 0.777. The maximum absolute atomic E-state index is 14.3. The van der Waals surface area contributed by atoms with Crippen molar-refractivity contribution in [3.63, 3.8) is 0 Å². The van der Waals surface area contributed by atoms with Gasteiger partial charge in [-0.25, -0.2) is 8.78 Å². The number of carbonyl (C=O) groups excluding carboxylic acids is 1. The van der Waals surface area contributed by atoms with Gasteiger partial charge in [0.1, 0.15) is 17.3 Å². The molecule has 2 fully saturated rings. The summed E-state index contributed by atoms with van der Waals surface area (Å²) >= 11 is 1.99. The van der Waals surface area contributed by atoms with E-state index in [2.05, 4.69) is 15.3 Å². The Hall–Kier alpha value is -1.93. The van der Waals surface area contributed by atoms with Gasteiger partial charge in [0.25, 0.3) is 5.91 Å². The summed E-state index contributed by atoms with van der Waals surface area (Å²) in [6.07, 6.45) is 7.37. The summed E-state index contributed by atoms with van der Waals surface area (Å²) in [7, 11) is 1.69. The summed E-state index contributed by atoms with van der Waals surface area (Å²) in [5, 5.41) is 7.40. The summed E-state index contributed by atoms with van der Waals surface area (Å²) in [4.78, 5) is 15.7. The first-order valence-electron chi connectivity index (χ1n) is 10.6. The Morgan fingerprint density at radius 3 is 2.63 bits per heavy atom. The van der Waals surface area contributed by atoms with Gasteiger partial charge in [0, 0.05) is 61.6 Å². The summed E-state index contributed by atoms with van der Waals surface area (Å²) in [6, 6.07) is 3.33. The molecule has 1 amide bonds. The van der Waals surface area contributed by atoms with E-state index in [0.717, 1.165) is 43.5 Å². The molecule has 0 spiro atoms. The third-order valence-corrected chi connectivity index (χ3v) is 7.25. The van der Waals surface area contributed by atoms with Gasteiger partial charge in [0.2, 0.25) is 0 Å². The van der Waals surface area contributed by atoms with Crippen molar-refractivity contribution in [2.45, 2.75) is 37.6 Å². The molecule has 2 aliphatic rings. The van der Waals surface area contributed by atoms with Gasteiger partial charge in [-0.1, -0.05) is 19.3 Å². The fraction of sp³-hybridized carbons (Fsp3) is 0.545. The zero-order valence-corrected chi connectivity index (χ0v) is 18.1. The second-order valence-corrected chi connectivity index (χ2v) is 9.48. The highest BCUT2D eigenvalue weighted by Crippen LogP contribution is 2.35. The van der Waals surface area contributed by atoms with Crippen LogP contribution in [0.5, 0.6) is 0 Å². The van der Waals surface area contributed by atoms with Crippen LogP contribution in [0.15, 0.2) is 24.4 Å². The fourth-order valence-electron chi connectivity index (χ4n) is 4.73. The Labute approximate surface area is 180 Å². The van der Waals surface area contributed by atoms with Crippen molar-refractivity contribution in [2.24, 2.45) is 7.05 Å². The number of benzene rings is 1. The highest BCUT2D eigenvalue weighted by Gasteiger charge is 2.39. The lowest BCUT2D eigenvalue weighted by atomic mass is 9.80. The molecule has 0 unspecified atom stereocenters. The molecule has 30 heavy (non-hydrogen) atoms. The van der Waals surface area contributed by atoms with E-state index >= 15 is 0 Å². The van der Waals surface area contributed by atoms with Gasteiger partial charge in [-0.15, -0.1) is 0 Å². The van der Waals surface area contributed by atoms with Crippen molar-refractivity contribution in [3.8, 4) is 11.3 Å². The number of halogens is 2. The molecule has 1 N–H and O–H groups in total. The first-order chi connectivity index (χ1) is 14.5. The molecular weight excluding hydrogens is 406 g/mol. The molecular formula is C22H28F2N4OS. The lowest BCUT2D eigenvalue weighted by Crippen LogP contribution is -2.58. The van der Waals surface area contributed by atoms with E-state index < -0.39 is 11.6 Å². The van der Waals surface area contributed by atoms with Crippen LogP contribution >= 0.6 is 11.8 Å². The number of aryl methyl sites for hydroxylation is 1. The van der Waals surface area contributed by atoms with Crippen LogP contribution in [-0.4, -0.2) is 57.3 Å². The van der Waals surface area contributed by atoms with Crippen LogP contribution < -0.4 is 5.32 Å². The highest BCUT2D eigenvalue weighted by molar-refractivity contribution is 7.99. The molecule has 1 aliphatic carbocycles. The molecule has 1 aromatic carbocycles. The Bertz CT molecular complexity index is 905. The van der Waals surface area contributed by atoms with E-state index in [9.17, 15) is 13.6 Å². The Balaban J connectivity index is 1.55. The largest absolute Gasteiger partial charge is 0.350 e. The van der Waals surface area contributed by atoms with Gasteiger partial charge in [-0.05, 0) is 25.0 Å². The van der Waals surface area contributed by atoms with E-state index in [4.69, 9.17) is 0 Å². The van der Waals surface area contributed by atoms with E-state index in [0.29, 0.717) is 12.1 Å². The number of aromatic nitrogens is 2. The molecule has 1 saturated carbocycles. The lowest BCUT2D eigenvalue weighted by Gasteiger charge is -2.48. The summed E-state index contributed by atoms with van der Waals surface area (Å²) in [5.74, 6) is 0.617. The van der Waals surface area contributed by atoms with Crippen molar-refractivity contribution < 1.29 is 13.6 Å². The second kappa shape index (κ2) is 9.06. The van der Waals surface area contributed by atoms with Crippen LogP contribution in [-0.2, 0) is 7.05 Å². The number of hydrogen-bond acceptors (Lipinski definition) is 4. The predicted octanol–water partition coefficient (Wildman–Crippen LogP) is 3.85. The Morgan fingerprint density at radius 1 is 1.20 bits per heavy atom. The third kappa shape index (κ3) is 4.39. The van der Waals surface area contributed by atoms with Gasteiger partial charge in [0.05, 0.1) is 5.56 Å². The van der Waals surface area contributed by atoms with Gasteiger partial charge in [-0.2, -0.15) is 16.9 Å². The molecule has 8 heteroatoms. The molecule has 0 radical (unpaired) electrons. The average molecular weight is 435 g/mol. The Morgan fingerprint density at radius 2 is 1.93 bits per heavy atom. The first-order valence-corrected chi connectivity index (χ1v) is 11.7. The molecule has 1 aliphatic heterocycles. The number of rotatable bonds is 5. The molecule has 0 bridgehead atoms. The maximum Gasteiger partial charge on any atom is 0.255 e. The average Bonchev–Trinajstić information content (AvgIpc) is 3.15. The predicted molar refractivity (Wildman–Crippen MR) is 116 cm³/mol. The standard InChI is InChI=1S/C22H28F2N4OS/c1-27-14-18(20(26-27)17-6-5-16(23)13-19(17)24)21(29)25-15-22(7-3-2-4-8-22)28-9-11-30-12-10-28/h5-6,13-14H,2-4,7-12,15H2,1H3,(H,25,29). The van der Waals surface area contributed by atoms with Gasteiger partial charge < -0.3 is 5.32 Å². The Kier molecular flexibility index (Phi) is 6.43. The minimum absolute atomic E-state index is 0.00160. The topological polar surface area (TPSA) is 50.2 Å². The van der Waals surface area contributed by atoms with Crippen LogP contribution in [0.3, 0.4) is 0 Å². The van der Waals surface area contributed by atoms with Gasteiger partial charge in [-0.3, -0.25) is 14.4 Å². The number of nitrogens with zero attached hydrogens (tertiary/aromatic N) is 3.